The van der Waals surface area contributed by atoms with E-state index >= 15 is 0 Å². The normalized spacial score (nSPS) is 14.1. The third-order valence-electron chi connectivity index (χ3n) is 2.98. The van der Waals surface area contributed by atoms with Crippen LogP contribution in [0.5, 0.6) is 11.5 Å². The van der Waals surface area contributed by atoms with Crippen LogP contribution in [0.2, 0.25) is 0 Å². The Morgan fingerprint density at radius 3 is 2.58 bits per heavy atom. The van der Waals surface area contributed by atoms with Crippen molar-refractivity contribution in [3.8, 4) is 11.5 Å². The summed E-state index contributed by atoms with van der Waals surface area (Å²) in [4.78, 5) is 26.3. The number of ether oxygens (including phenoxy) is 1. The first-order valence-corrected chi connectivity index (χ1v) is 8.51. The van der Waals surface area contributed by atoms with Gasteiger partial charge in [-0.15, -0.1) is 4.91 Å². The monoisotopic (exact) mass is 459 g/mol. The van der Waals surface area contributed by atoms with Gasteiger partial charge >= 0.3 is 0 Å². The molecule has 0 radical (unpaired) electrons. The first kappa shape index (κ1) is 18.5. The van der Waals surface area contributed by atoms with Gasteiger partial charge in [-0.1, -0.05) is 45.7 Å². The van der Waals surface area contributed by atoms with E-state index in [1.54, 1.807) is 0 Å². The summed E-state index contributed by atoms with van der Waals surface area (Å²) in [6.45, 7) is 4.00. The quantitative estimate of drug-likeness (QED) is 0.495. The number of nitroso groups, excluding NO2 is 1. The molecule has 0 unspecified atom stereocenters. The average Bonchev–Trinajstić information content (AvgIpc) is 2.81. The van der Waals surface area contributed by atoms with Gasteiger partial charge < -0.3 is 10.1 Å². The van der Waals surface area contributed by atoms with Crippen molar-refractivity contribution in [3.63, 3.8) is 0 Å². The molecule has 1 aliphatic heterocycles. The molecule has 24 heavy (non-hydrogen) atoms. The van der Waals surface area contributed by atoms with Crippen LogP contribution in [-0.4, -0.2) is 10.9 Å². The molecule has 6 nitrogen and oxygen atoms in total. The van der Waals surface area contributed by atoms with Gasteiger partial charge in [0.15, 0.2) is 14.8 Å². The zero-order valence-corrected chi connectivity index (χ0v) is 15.8. The lowest BCUT2D eigenvalue weighted by molar-refractivity contribution is -0.115. The van der Waals surface area contributed by atoms with E-state index in [4.69, 9.17) is 4.74 Å². The number of rotatable bonds is 3. The van der Waals surface area contributed by atoms with E-state index in [0.29, 0.717) is 11.4 Å². The smallest absolute Gasteiger partial charge is 0.258 e. The highest BCUT2D eigenvalue weighted by Crippen LogP contribution is 2.51. The maximum absolute atomic E-state index is 13.9. The summed E-state index contributed by atoms with van der Waals surface area (Å²) in [5, 5.41) is 5.22. The largest absolute Gasteiger partial charge is 0.454 e. The molecular weight excluding hydrogens is 449 g/mol. The minimum absolute atomic E-state index is 0.0445. The van der Waals surface area contributed by atoms with Crippen LogP contribution >= 0.6 is 31.9 Å². The Bertz CT molecular complexity index is 800. The van der Waals surface area contributed by atoms with Crippen molar-refractivity contribution in [1.82, 2.24) is 4.98 Å². The molecule has 1 aromatic heterocycles. The van der Waals surface area contributed by atoms with E-state index in [1.807, 2.05) is 13.8 Å². The summed E-state index contributed by atoms with van der Waals surface area (Å²) in [6, 6.07) is 5.07. The Hall–Kier alpha value is -1.87. The van der Waals surface area contributed by atoms with E-state index in [1.165, 1.54) is 24.4 Å². The third kappa shape index (κ3) is 3.32. The van der Waals surface area contributed by atoms with E-state index in [0.717, 1.165) is 6.07 Å². The van der Waals surface area contributed by atoms with Crippen LogP contribution in [0, 0.1) is 10.7 Å². The summed E-state index contributed by atoms with van der Waals surface area (Å²) in [6.07, 6.45) is 1.43. The highest BCUT2D eigenvalue weighted by Gasteiger charge is 2.46. The maximum atomic E-state index is 13.9. The lowest BCUT2D eigenvalue weighted by Gasteiger charge is -2.15. The molecule has 2 aromatic rings. The minimum atomic E-state index is -1.21. The first-order valence-electron chi connectivity index (χ1n) is 6.93. The first-order chi connectivity index (χ1) is 11.4. The number of benzene rings is 1. The number of fused-ring (bicyclic) bond motifs is 1. The van der Waals surface area contributed by atoms with Crippen LogP contribution in [0.1, 0.15) is 19.4 Å². The zero-order valence-electron chi connectivity index (χ0n) is 12.6. The van der Waals surface area contributed by atoms with Crippen molar-refractivity contribution in [2.75, 3.05) is 5.32 Å². The molecule has 0 aliphatic carbocycles. The number of pyridine rings is 1. The third-order valence-corrected chi connectivity index (χ3v) is 4.50. The Labute approximate surface area is 154 Å². The number of nitrogens with zero attached hydrogens (tertiary/aromatic N) is 2. The van der Waals surface area contributed by atoms with Gasteiger partial charge in [-0.2, -0.15) is 0 Å². The summed E-state index contributed by atoms with van der Waals surface area (Å²) < 4.78 is 18.2. The molecule has 2 heterocycles. The van der Waals surface area contributed by atoms with Gasteiger partial charge in [-0.25, -0.2) is 9.37 Å². The topological polar surface area (TPSA) is 80.7 Å². The van der Waals surface area contributed by atoms with Crippen LogP contribution in [-0.2, 0) is 8.03 Å². The number of aromatic nitrogens is 1. The average molecular weight is 461 g/mol. The van der Waals surface area contributed by atoms with Gasteiger partial charge in [-0.3, -0.25) is 4.79 Å². The number of amides is 1. The summed E-state index contributed by atoms with van der Waals surface area (Å²) in [5.41, 5.74) is 0.356. The summed E-state index contributed by atoms with van der Waals surface area (Å²) >= 11 is 6.49. The molecule has 1 aromatic carbocycles. The van der Waals surface area contributed by atoms with Crippen LogP contribution in [0.15, 0.2) is 35.6 Å². The predicted octanol–water partition coefficient (Wildman–Crippen LogP) is 5.33. The van der Waals surface area contributed by atoms with Crippen LogP contribution in [0.3, 0.4) is 0 Å². The molecule has 0 atom stereocenters. The van der Waals surface area contributed by atoms with Gasteiger partial charge in [0, 0.05) is 12.3 Å². The number of halogens is 3. The van der Waals surface area contributed by atoms with Gasteiger partial charge in [0.25, 0.3) is 5.91 Å². The maximum Gasteiger partial charge on any atom is 0.258 e. The summed E-state index contributed by atoms with van der Waals surface area (Å²) in [7, 11) is 0. The van der Waals surface area contributed by atoms with Crippen molar-refractivity contribution >= 4 is 49.3 Å². The van der Waals surface area contributed by atoms with Crippen molar-refractivity contribution in [2.24, 2.45) is 5.18 Å². The summed E-state index contributed by atoms with van der Waals surface area (Å²) in [5.74, 6) is -0.664. The van der Waals surface area contributed by atoms with Gasteiger partial charge in [0.1, 0.15) is 17.3 Å². The lowest BCUT2D eigenvalue weighted by Crippen LogP contribution is -2.20. The molecule has 9 heteroatoms. The fourth-order valence-corrected chi connectivity index (χ4v) is 2.94. The van der Waals surface area contributed by atoms with Crippen LogP contribution in [0.4, 0.5) is 15.9 Å². The molecule has 1 amide bonds. The Morgan fingerprint density at radius 2 is 1.96 bits per heavy atom. The number of carbonyl (C=O) groups excluding carboxylic acids is 1. The van der Waals surface area contributed by atoms with Crippen LogP contribution < -0.4 is 10.1 Å². The minimum Gasteiger partial charge on any atom is -0.454 e. The van der Waals surface area contributed by atoms with E-state index in [2.05, 4.69) is 47.3 Å². The van der Waals surface area contributed by atoms with Gasteiger partial charge in [-0.05, 0) is 23.4 Å². The van der Waals surface area contributed by atoms with Gasteiger partial charge in [0.05, 0.1) is 5.56 Å². The fraction of sp³-hybridized carbons (Fsp3) is 0.200. The van der Waals surface area contributed by atoms with E-state index in [-0.39, 0.29) is 23.1 Å². The molecule has 0 spiro atoms. The Kier molecular flexibility index (Phi) is 5.66. The van der Waals surface area contributed by atoms with E-state index < -0.39 is 9.05 Å². The van der Waals surface area contributed by atoms with Gasteiger partial charge in [0.2, 0.25) is 0 Å². The van der Waals surface area contributed by atoms with Crippen molar-refractivity contribution in [1.29, 1.82) is 0 Å². The number of hydrogen-bond acceptors (Lipinski definition) is 5. The molecule has 3 rings (SSSR count). The molecule has 0 fully saturated rings. The molecule has 1 aliphatic rings. The number of hydrogen-bond donors (Lipinski definition) is 1. The number of anilines is 1. The second-order valence-electron chi connectivity index (χ2n) is 4.37. The molecule has 126 valence electrons. The highest BCUT2D eigenvalue weighted by molar-refractivity contribution is 9.25. The van der Waals surface area contributed by atoms with Crippen molar-refractivity contribution < 1.29 is 13.9 Å². The fourth-order valence-electron chi connectivity index (χ4n) is 1.97. The van der Waals surface area contributed by atoms with Crippen LogP contribution in [0.25, 0.3) is 0 Å². The number of alkyl halides is 2. The lowest BCUT2D eigenvalue weighted by atomic mass is 10.2. The zero-order chi connectivity index (χ0) is 17.9. The molecular formula is C15H12Br2FN3O3. The van der Waals surface area contributed by atoms with Crippen molar-refractivity contribution in [2.45, 2.75) is 17.1 Å². The molecule has 0 saturated heterocycles. The molecule has 0 saturated carbocycles. The number of carbonyl (C=O) groups is 1. The standard InChI is InChI=1S/C13H6Br2FN3O3.C2H6/c14-13(15)10-9(3-4-17-11(10)18-12(13)20)22-8-2-1-6(19-21)5-7(8)16;1-2/h1-5H,(H,17,18,20);1-2H3. The molecule has 0 bridgehead atoms. The second kappa shape index (κ2) is 7.35. The Morgan fingerprint density at radius 1 is 1.25 bits per heavy atom. The SMILES string of the molecule is CC.O=Nc1ccc(Oc2ccnc3c2C(Br)(Br)C(=O)N3)c(F)c1. The Balaban J connectivity index is 0.00000100. The molecule has 1 N–H and O–H groups in total. The van der Waals surface area contributed by atoms with E-state index in [9.17, 15) is 14.1 Å². The second-order valence-corrected chi connectivity index (χ2v) is 7.81. The number of nitrogens with one attached hydrogen (secondary N) is 1. The predicted molar refractivity (Wildman–Crippen MR) is 95.7 cm³/mol. The highest BCUT2D eigenvalue weighted by atomic mass is 79.9. The van der Waals surface area contributed by atoms with Crippen molar-refractivity contribution in [3.05, 3.63) is 46.8 Å².